The molecule has 180 valence electrons. The van der Waals surface area contributed by atoms with E-state index in [1.165, 1.54) is 0 Å². The third-order valence-electron chi connectivity index (χ3n) is 7.36. The van der Waals surface area contributed by atoms with Gasteiger partial charge < -0.3 is 0 Å². The van der Waals surface area contributed by atoms with Crippen LogP contribution in [0.1, 0.15) is 31.8 Å². The molecule has 38 heavy (non-hydrogen) atoms. The molecule has 0 amide bonds. The van der Waals surface area contributed by atoms with Crippen molar-refractivity contribution in [3.8, 4) is 0 Å². The van der Waals surface area contributed by atoms with E-state index in [-0.39, 0.29) is 11.6 Å². The maximum absolute atomic E-state index is 13.6. The van der Waals surface area contributed by atoms with E-state index in [2.05, 4.69) is 0 Å². The highest BCUT2D eigenvalue weighted by molar-refractivity contribution is 6.46. The van der Waals surface area contributed by atoms with Crippen LogP contribution >= 0.6 is 23.2 Å². The lowest BCUT2D eigenvalue weighted by Crippen LogP contribution is -2.04. The van der Waals surface area contributed by atoms with E-state index < -0.39 is 0 Å². The molecule has 0 aliphatic heterocycles. The summed E-state index contributed by atoms with van der Waals surface area (Å²) in [4.78, 5) is 27.1. The van der Waals surface area contributed by atoms with Gasteiger partial charge in [0.05, 0.1) is 0 Å². The van der Waals surface area contributed by atoms with Gasteiger partial charge in [0.2, 0.25) is 0 Å². The summed E-state index contributed by atoms with van der Waals surface area (Å²) in [7, 11) is 0. The van der Waals surface area contributed by atoms with Gasteiger partial charge in [0.15, 0.2) is 11.6 Å². The monoisotopic (exact) mass is 528 g/mol. The van der Waals surface area contributed by atoms with Crippen molar-refractivity contribution in [1.29, 1.82) is 0 Å². The van der Waals surface area contributed by atoms with Crippen LogP contribution in [0, 0.1) is 0 Å². The molecule has 0 bridgehead atoms. The first-order valence-corrected chi connectivity index (χ1v) is 13.0. The number of hydrogen-bond donors (Lipinski definition) is 0. The van der Waals surface area contributed by atoms with Gasteiger partial charge in [-0.1, -0.05) is 108 Å². The second kappa shape index (κ2) is 8.66. The standard InChI is InChI=1S/C34H18Cl2O2/c35-27-17-15-23-22-12-14-26(34(38)20-9-5-2-6-10-20)32-28(36)18-16-24(30(22)32)21-11-13-25(31(27)29(21)23)33(37)19-7-3-1-4-8-19/h1-18H. The molecule has 0 spiro atoms. The number of benzene rings is 7. The molecule has 0 heterocycles. The topological polar surface area (TPSA) is 34.1 Å². The maximum atomic E-state index is 13.6. The molecule has 0 aliphatic rings. The molecule has 0 saturated heterocycles. The molecule has 0 unspecified atom stereocenters. The predicted octanol–water partition coefficient (Wildman–Crippen LogP) is 9.51. The molecule has 4 heteroatoms. The van der Waals surface area contributed by atoms with Crippen molar-refractivity contribution in [2.24, 2.45) is 0 Å². The van der Waals surface area contributed by atoms with Crippen LogP contribution in [-0.2, 0) is 0 Å². The quantitative estimate of drug-likeness (QED) is 0.129. The van der Waals surface area contributed by atoms with Gasteiger partial charge in [-0.3, -0.25) is 9.59 Å². The van der Waals surface area contributed by atoms with Gasteiger partial charge in [0.1, 0.15) is 0 Å². The van der Waals surface area contributed by atoms with E-state index in [0.717, 1.165) is 43.1 Å². The third kappa shape index (κ3) is 3.28. The lowest BCUT2D eigenvalue weighted by molar-refractivity contribution is 0.103. The number of halogens is 2. The van der Waals surface area contributed by atoms with Crippen molar-refractivity contribution in [2.75, 3.05) is 0 Å². The lowest BCUT2D eigenvalue weighted by atomic mass is 9.85. The summed E-state index contributed by atoms with van der Waals surface area (Å²) in [6, 6.07) is 33.8. The van der Waals surface area contributed by atoms with Crippen molar-refractivity contribution < 1.29 is 9.59 Å². The minimum Gasteiger partial charge on any atom is -0.289 e. The SMILES string of the molecule is O=C(c1ccccc1)c1ccc2c3ccc(Cl)c4c(C(=O)c5ccccc5)ccc(c5ccc(Cl)c1c52)c43. The Morgan fingerprint density at radius 2 is 0.737 bits per heavy atom. The molecule has 2 nitrogen and oxygen atoms in total. The summed E-state index contributed by atoms with van der Waals surface area (Å²) in [5, 5.41) is 8.20. The molecular formula is C34H18Cl2O2. The largest absolute Gasteiger partial charge is 0.289 e. The molecule has 0 saturated carbocycles. The van der Waals surface area contributed by atoms with Crippen molar-refractivity contribution in [3.05, 3.63) is 141 Å². The Kier molecular flexibility index (Phi) is 5.23. The summed E-state index contributed by atoms with van der Waals surface area (Å²) in [6.45, 7) is 0. The Bertz CT molecular complexity index is 1890. The van der Waals surface area contributed by atoms with E-state index in [1.54, 1.807) is 0 Å². The molecule has 0 atom stereocenters. The van der Waals surface area contributed by atoms with E-state index in [1.807, 2.05) is 109 Å². The lowest BCUT2D eigenvalue weighted by Gasteiger charge is -2.19. The average Bonchev–Trinajstić information content (AvgIpc) is 2.97. The Morgan fingerprint density at radius 3 is 1.11 bits per heavy atom. The zero-order valence-corrected chi connectivity index (χ0v) is 21.5. The second-order valence-corrected chi connectivity index (χ2v) is 10.2. The van der Waals surface area contributed by atoms with Crippen LogP contribution in [0.3, 0.4) is 0 Å². The van der Waals surface area contributed by atoms with Gasteiger partial charge in [-0.05, 0) is 56.6 Å². The number of rotatable bonds is 4. The van der Waals surface area contributed by atoms with Crippen LogP contribution in [0.25, 0.3) is 43.1 Å². The number of carbonyl (C=O) groups is 2. The maximum Gasteiger partial charge on any atom is 0.193 e. The van der Waals surface area contributed by atoms with E-state index >= 15 is 0 Å². The number of fused-ring (bicyclic) bond motifs is 2. The van der Waals surface area contributed by atoms with Crippen LogP contribution < -0.4 is 0 Å². The molecule has 7 rings (SSSR count). The Morgan fingerprint density at radius 1 is 0.395 bits per heavy atom. The zero-order valence-electron chi connectivity index (χ0n) is 20.0. The van der Waals surface area contributed by atoms with Crippen LogP contribution in [0.15, 0.2) is 109 Å². The number of hydrogen-bond acceptors (Lipinski definition) is 2. The fourth-order valence-electron chi connectivity index (χ4n) is 5.67. The molecule has 0 N–H and O–H groups in total. The van der Waals surface area contributed by atoms with Gasteiger partial charge in [-0.15, -0.1) is 0 Å². The molecule has 7 aromatic carbocycles. The summed E-state index contributed by atoms with van der Waals surface area (Å²) in [5.41, 5.74) is 2.34. The molecule has 0 aromatic heterocycles. The average molecular weight is 529 g/mol. The van der Waals surface area contributed by atoms with Crippen LogP contribution in [0.5, 0.6) is 0 Å². The summed E-state index contributed by atoms with van der Waals surface area (Å²) < 4.78 is 0. The zero-order chi connectivity index (χ0) is 26.0. The molecule has 7 aromatic rings. The Balaban J connectivity index is 1.60. The van der Waals surface area contributed by atoms with Gasteiger partial charge in [0, 0.05) is 43.1 Å². The van der Waals surface area contributed by atoms with Crippen molar-refractivity contribution in [2.45, 2.75) is 0 Å². The van der Waals surface area contributed by atoms with Gasteiger partial charge in [-0.25, -0.2) is 0 Å². The number of carbonyl (C=O) groups excluding carboxylic acids is 2. The molecule has 0 radical (unpaired) electrons. The van der Waals surface area contributed by atoms with E-state index in [4.69, 9.17) is 23.2 Å². The predicted molar refractivity (Wildman–Crippen MR) is 157 cm³/mol. The summed E-state index contributed by atoms with van der Waals surface area (Å²) in [6.07, 6.45) is 0. The Labute approximate surface area is 228 Å². The van der Waals surface area contributed by atoms with Crippen molar-refractivity contribution in [1.82, 2.24) is 0 Å². The Hall–Kier alpha value is -4.24. The molecular weight excluding hydrogens is 511 g/mol. The first-order chi connectivity index (χ1) is 18.5. The van der Waals surface area contributed by atoms with E-state index in [0.29, 0.717) is 32.3 Å². The summed E-state index contributed by atoms with van der Waals surface area (Å²) >= 11 is 13.6. The van der Waals surface area contributed by atoms with Crippen LogP contribution in [0.4, 0.5) is 0 Å². The normalized spacial score (nSPS) is 11.6. The first kappa shape index (κ1) is 22.9. The second-order valence-electron chi connectivity index (χ2n) is 9.40. The van der Waals surface area contributed by atoms with Crippen LogP contribution in [-0.4, -0.2) is 11.6 Å². The fourth-order valence-corrected chi connectivity index (χ4v) is 6.19. The highest BCUT2D eigenvalue weighted by atomic mass is 35.5. The van der Waals surface area contributed by atoms with E-state index in [9.17, 15) is 9.59 Å². The minimum atomic E-state index is -0.0768. The minimum absolute atomic E-state index is 0.0768. The highest BCUT2D eigenvalue weighted by Gasteiger charge is 2.23. The molecule has 0 aliphatic carbocycles. The van der Waals surface area contributed by atoms with Crippen molar-refractivity contribution >= 4 is 77.9 Å². The highest BCUT2D eigenvalue weighted by Crippen LogP contribution is 2.46. The smallest absolute Gasteiger partial charge is 0.193 e. The third-order valence-corrected chi connectivity index (χ3v) is 7.99. The molecule has 0 fully saturated rings. The summed E-state index contributed by atoms with van der Waals surface area (Å²) in [5.74, 6) is -0.154. The van der Waals surface area contributed by atoms with Gasteiger partial charge >= 0.3 is 0 Å². The first-order valence-electron chi connectivity index (χ1n) is 12.3. The van der Waals surface area contributed by atoms with Crippen molar-refractivity contribution in [3.63, 3.8) is 0 Å². The number of ketones is 2. The fraction of sp³-hybridized carbons (Fsp3) is 0. The van der Waals surface area contributed by atoms with Gasteiger partial charge in [-0.2, -0.15) is 0 Å². The van der Waals surface area contributed by atoms with Gasteiger partial charge in [0.25, 0.3) is 0 Å². The van der Waals surface area contributed by atoms with Crippen LogP contribution in [0.2, 0.25) is 10.0 Å².